The van der Waals surface area contributed by atoms with Crippen LogP contribution < -0.4 is 0 Å². The van der Waals surface area contributed by atoms with Crippen LogP contribution in [0.5, 0.6) is 0 Å². The average Bonchev–Trinajstić information content (AvgIpc) is 2.92. The summed E-state index contributed by atoms with van der Waals surface area (Å²) in [6.07, 6.45) is 21.6. The van der Waals surface area contributed by atoms with Gasteiger partial charge in [-0.15, -0.1) is 0 Å². The van der Waals surface area contributed by atoms with E-state index in [-0.39, 0.29) is 36.2 Å². The molecule has 0 bridgehead atoms. The molecule has 2 atom stereocenters. The predicted molar refractivity (Wildman–Crippen MR) is 169 cm³/mol. The van der Waals surface area contributed by atoms with Crippen molar-refractivity contribution in [3.63, 3.8) is 0 Å². The number of unbranched alkanes of at least 4 members (excludes halogenated alkanes) is 16. The van der Waals surface area contributed by atoms with Gasteiger partial charge in [0.25, 0.3) is 0 Å². The summed E-state index contributed by atoms with van der Waals surface area (Å²) in [6, 6.07) is -0.605. The number of carbonyl (C=O) groups excluding carboxylic acids is 2. The summed E-state index contributed by atoms with van der Waals surface area (Å²) in [6.45, 7) is 4.66. The first kappa shape index (κ1) is 40.3. The van der Waals surface area contributed by atoms with Gasteiger partial charge < -0.3 is 23.8 Å². The lowest BCUT2D eigenvalue weighted by Gasteiger charge is -2.31. The van der Waals surface area contributed by atoms with Crippen molar-refractivity contribution >= 4 is 17.9 Å². The van der Waals surface area contributed by atoms with Gasteiger partial charge in [-0.05, 0) is 12.8 Å². The van der Waals surface area contributed by atoms with E-state index in [0.717, 1.165) is 38.5 Å². The van der Waals surface area contributed by atoms with Gasteiger partial charge in [0.15, 0.2) is 12.1 Å². The van der Waals surface area contributed by atoms with E-state index in [0.29, 0.717) is 19.3 Å². The minimum absolute atomic E-state index is 0.0451. The summed E-state index contributed by atoms with van der Waals surface area (Å²) < 4.78 is 17.1. The zero-order valence-electron chi connectivity index (χ0n) is 28.0. The lowest BCUT2D eigenvalue weighted by atomic mass is 10.0. The smallest absolute Gasteiger partial charge is 0.362 e. The van der Waals surface area contributed by atoms with Crippen LogP contribution in [0.25, 0.3) is 0 Å². The molecule has 0 aromatic heterocycles. The summed E-state index contributed by atoms with van der Waals surface area (Å²) in [7, 11) is 5.51. The number of quaternary nitrogens is 1. The van der Waals surface area contributed by atoms with E-state index in [9.17, 15) is 19.5 Å². The van der Waals surface area contributed by atoms with Gasteiger partial charge in [0, 0.05) is 19.3 Å². The monoisotopic (exact) mass is 600 g/mol. The van der Waals surface area contributed by atoms with Crippen LogP contribution in [0.2, 0.25) is 0 Å². The van der Waals surface area contributed by atoms with Crippen LogP contribution >= 0.6 is 0 Å². The number of likely N-dealkylation sites (N-methyl/N-ethyl adjacent to an activating group) is 1. The Balaban J connectivity index is 4.42. The molecule has 0 aromatic carbocycles. The highest BCUT2D eigenvalue weighted by molar-refractivity contribution is 5.72. The summed E-state index contributed by atoms with van der Waals surface area (Å²) in [5.74, 6) is -1.47. The third-order valence-electron chi connectivity index (χ3n) is 7.76. The molecule has 0 saturated heterocycles. The summed E-state index contributed by atoms with van der Waals surface area (Å²) in [4.78, 5) is 36.4. The molecule has 0 saturated carbocycles. The van der Waals surface area contributed by atoms with Gasteiger partial charge in [-0.1, -0.05) is 117 Å². The second-order valence-electron chi connectivity index (χ2n) is 12.8. The van der Waals surface area contributed by atoms with Gasteiger partial charge in [-0.2, -0.15) is 0 Å². The largest absolute Gasteiger partial charge is 0.477 e. The molecule has 0 fully saturated rings. The van der Waals surface area contributed by atoms with E-state index in [2.05, 4.69) is 13.8 Å². The van der Waals surface area contributed by atoms with Crippen molar-refractivity contribution < 1.29 is 38.2 Å². The fraction of sp³-hybridized carbons (Fsp3) is 0.912. The number of aliphatic carboxylic acids is 1. The van der Waals surface area contributed by atoms with Crippen molar-refractivity contribution in [3.8, 4) is 0 Å². The molecule has 0 aliphatic carbocycles. The molecule has 0 rings (SSSR count). The lowest BCUT2D eigenvalue weighted by Crippen LogP contribution is -2.50. The predicted octanol–water partition coefficient (Wildman–Crippen LogP) is 7.85. The SMILES string of the molecule is CCCCCCCCCCCCCCC(=O)OC(COCCC(C(=O)O)[N+](C)(C)C)COC(=O)CCCCCCCC. The molecule has 1 N–H and O–H groups in total. The quantitative estimate of drug-likeness (QED) is 0.0509. The highest BCUT2D eigenvalue weighted by Crippen LogP contribution is 2.14. The maximum absolute atomic E-state index is 12.5. The van der Waals surface area contributed by atoms with Crippen LogP contribution in [0.1, 0.15) is 149 Å². The second-order valence-corrected chi connectivity index (χ2v) is 12.8. The maximum atomic E-state index is 12.5. The van der Waals surface area contributed by atoms with E-state index in [1.165, 1.54) is 77.0 Å². The van der Waals surface area contributed by atoms with E-state index in [1.54, 1.807) is 0 Å². The fourth-order valence-corrected chi connectivity index (χ4v) is 5.03. The average molecular weight is 601 g/mol. The van der Waals surface area contributed by atoms with Crippen molar-refractivity contribution in [1.29, 1.82) is 0 Å². The maximum Gasteiger partial charge on any atom is 0.362 e. The number of ether oxygens (including phenoxy) is 3. The highest BCUT2D eigenvalue weighted by atomic mass is 16.6. The lowest BCUT2D eigenvalue weighted by molar-refractivity contribution is -0.887. The number of carbonyl (C=O) groups is 3. The van der Waals surface area contributed by atoms with E-state index in [4.69, 9.17) is 14.2 Å². The first-order valence-electron chi connectivity index (χ1n) is 17.1. The molecule has 8 heteroatoms. The van der Waals surface area contributed by atoms with Crippen LogP contribution in [0.3, 0.4) is 0 Å². The molecule has 248 valence electrons. The van der Waals surface area contributed by atoms with Gasteiger partial charge in [-0.25, -0.2) is 4.79 Å². The Labute approximate surface area is 257 Å². The van der Waals surface area contributed by atoms with Crippen LogP contribution in [0.4, 0.5) is 0 Å². The number of nitrogens with zero attached hydrogens (tertiary/aromatic N) is 1. The zero-order valence-corrected chi connectivity index (χ0v) is 28.0. The van der Waals surface area contributed by atoms with Crippen molar-refractivity contribution in [3.05, 3.63) is 0 Å². The number of esters is 2. The van der Waals surface area contributed by atoms with Crippen molar-refractivity contribution in [1.82, 2.24) is 0 Å². The van der Waals surface area contributed by atoms with E-state index >= 15 is 0 Å². The Morgan fingerprint density at radius 2 is 1.05 bits per heavy atom. The molecule has 0 heterocycles. The Kier molecular flexibility index (Phi) is 25.8. The number of carboxylic acids is 1. The van der Waals surface area contributed by atoms with Gasteiger partial charge in [0.05, 0.1) is 34.4 Å². The van der Waals surface area contributed by atoms with Crippen molar-refractivity contribution in [2.24, 2.45) is 0 Å². The molecular weight excluding hydrogens is 534 g/mol. The van der Waals surface area contributed by atoms with Crippen LogP contribution in [-0.2, 0) is 28.6 Å². The third-order valence-corrected chi connectivity index (χ3v) is 7.76. The zero-order chi connectivity index (χ0) is 31.5. The van der Waals surface area contributed by atoms with Gasteiger partial charge in [0.1, 0.15) is 6.61 Å². The standard InChI is InChI=1S/C34H65NO7/c1-6-8-10-12-14-15-16-17-18-19-21-23-25-33(37)42-30(28-40-27-26-31(34(38)39)35(3,4)5)29-41-32(36)24-22-20-13-11-9-7-2/h30-31H,6-29H2,1-5H3/p+1. The topological polar surface area (TPSA) is 99.1 Å². The van der Waals surface area contributed by atoms with E-state index < -0.39 is 18.1 Å². The summed E-state index contributed by atoms with van der Waals surface area (Å²) in [5.41, 5.74) is 0. The third kappa shape index (κ3) is 24.9. The Bertz CT molecular complexity index is 677. The number of carboxylic acid groups (broad SMARTS) is 1. The number of rotatable bonds is 30. The normalized spacial score (nSPS) is 13.1. The van der Waals surface area contributed by atoms with Crippen molar-refractivity contribution in [2.45, 2.75) is 161 Å². The first-order valence-corrected chi connectivity index (χ1v) is 17.1. The number of hydrogen-bond donors (Lipinski definition) is 1. The van der Waals surface area contributed by atoms with Crippen LogP contribution in [0.15, 0.2) is 0 Å². The molecule has 0 aromatic rings. The molecule has 42 heavy (non-hydrogen) atoms. The van der Waals surface area contributed by atoms with Gasteiger partial charge in [-0.3, -0.25) is 9.59 Å². The minimum Gasteiger partial charge on any atom is -0.477 e. The number of hydrogen-bond acceptors (Lipinski definition) is 6. The molecule has 0 spiro atoms. The molecule has 0 amide bonds. The minimum atomic E-state index is -0.875. The van der Waals surface area contributed by atoms with Gasteiger partial charge in [0.2, 0.25) is 0 Å². The highest BCUT2D eigenvalue weighted by Gasteiger charge is 2.31. The van der Waals surface area contributed by atoms with Crippen molar-refractivity contribution in [2.75, 3.05) is 41.0 Å². The summed E-state index contributed by atoms with van der Waals surface area (Å²) in [5, 5.41) is 9.53. The second kappa shape index (κ2) is 26.9. The first-order chi connectivity index (χ1) is 20.1. The Hall–Kier alpha value is -1.67. The fourth-order valence-electron chi connectivity index (χ4n) is 5.03. The molecular formula is C34H66NO7+. The molecule has 0 aliphatic heterocycles. The Morgan fingerprint density at radius 1 is 0.619 bits per heavy atom. The van der Waals surface area contributed by atoms with Gasteiger partial charge >= 0.3 is 17.9 Å². The molecule has 0 radical (unpaired) electrons. The molecule has 0 aliphatic rings. The van der Waals surface area contributed by atoms with E-state index in [1.807, 2.05) is 21.1 Å². The van der Waals surface area contributed by atoms with Crippen LogP contribution in [-0.4, -0.2) is 80.6 Å². The molecule has 2 unspecified atom stereocenters. The van der Waals surface area contributed by atoms with Crippen LogP contribution in [0, 0.1) is 0 Å². The summed E-state index contributed by atoms with van der Waals surface area (Å²) >= 11 is 0. The Morgan fingerprint density at radius 3 is 1.48 bits per heavy atom. The molecule has 8 nitrogen and oxygen atoms in total.